The molecule has 0 atom stereocenters. The maximum Gasteiger partial charge on any atom is 0.416 e. The van der Waals surface area contributed by atoms with Crippen molar-refractivity contribution in [2.24, 2.45) is 0 Å². The minimum Gasteiger partial charge on any atom is -0.508 e. The summed E-state index contributed by atoms with van der Waals surface area (Å²) in [6.45, 7) is 0. The van der Waals surface area contributed by atoms with Crippen LogP contribution in [0.3, 0.4) is 0 Å². The lowest BCUT2D eigenvalue weighted by molar-refractivity contribution is -0.137. The van der Waals surface area contributed by atoms with E-state index in [0.717, 1.165) is 12.1 Å². The molecule has 0 aliphatic carbocycles. The number of nitrogen functional groups attached to an aromatic ring is 1. The molecule has 0 radical (unpaired) electrons. The average molecular weight is 253 g/mol. The third-order valence-electron chi connectivity index (χ3n) is 2.56. The number of nitrogens with two attached hydrogens (primary N) is 1. The molecule has 0 amide bonds. The van der Waals surface area contributed by atoms with Gasteiger partial charge in [0.25, 0.3) is 0 Å². The number of hydrogen-bond donors (Lipinski definition) is 2. The van der Waals surface area contributed by atoms with Crippen LogP contribution in [0.4, 0.5) is 18.9 Å². The number of aromatic hydroxyl groups is 1. The Balaban J connectivity index is 2.41. The van der Waals surface area contributed by atoms with Gasteiger partial charge in [0.2, 0.25) is 0 Å². The first-order chi connectivity index (χ1) is 8.38. The highest BCUT2D eigenvalue weighted by Crippen LogP contribution is 2.33. The van der Waals surface area contributed by atoms with Crippen LogP contribution in [0, 0.1) is 0 Å². The van der Waals surface area contributed by atoms with E-state index in [-0.39, 0.29) is 5.75 Å². The van der Waals surface area contributed by atoms with Crippen molar-refractivity contribution in [3.8, 4) is 16.9 Å². The third kappa shape index (κ3) is 2.40. The first-order valence-corrected chi connectivity index (χ1v) is 5.14. The van der Waals surface area contributed by atoms with Gasteiger partial charge >= 0.3 is 6.18 Å². The summed E-state index contributed by atoms with van der Waals surface area (Å²) in [5.41, 5.74) is 6.46. The molecule has 0 saturated carbocycles. The Morgan fingerprint density at radius 1 is 0.944 bits per heavy atom. The Morgan fingerprint density at radius 3 is 2.06 bits per heavy atom. The molecule has 5 heteroatoms. The van der Waals surface area contributed by atoms with Crippen LogP contribution in [0.1, 0.15) is 5.56 Å². The van der Waals surface area contributed by atoms with Crippen molar-refractivity contribution in [3.63, 3.8) is 0 Å². The molecule has 0 spiro atoms. The first-order valence-electron chi connectivity index (χ1n) is 5.14. The van der Waals surface area contributed by atoms with E-state index in [4.69, 9.17) is 5.73 Å². The van der Waals surface area contributed by atoms with Crippen molar-refractivity contribution in [2.75, 3.05) is 5.73 Å². The Kier molecular flexibility index (Phi) is 2.90. The van der Waals surface area contributed by atoms with Gasteiger partial charge in [-0.1, -0.05) is 12.1 Å². The van der Waals surface area contributed by atoms with E-state index in [1.54, 1.807) is 6.07 Å². The van der Waals surface area contributed by atoms with Crippen LogP contribution in [-0.2, 0) is 6.18 Å². The molecule has 0 aliphatic rings. The summed E-state index contributed by atoms with van der Waals surface area (Å²) < 4.78 is 37.2. The van der Waals surface area contributed by atoms with Crippen LogP contribution >= 0.6 is 0 Å². The largest absolute Gasteiger partial charge is 0.508 e. The van der Waals surface area contributed by atoms with Crippen LogP contribution in [-0.4, -0.2) is 5.11 Å². The molecule has 0 fully saturated rings. The van der Waals surface area contributed by atoms with Gasteiger partial charge in [-0.2, -0.15) is 13.2 Å². The Labute approximate surface area is 101 Å². The Bertz CT molecular complexity index is 561. The van der Waals surface area contributed by atoms with Crippen molar-refractivity contribution in [2.45, 2.75) is 6.18 Å². The third-order valence-corrected chi connectivity index (χ3v) is 2.56. The SMILES string of the molecule is Nc1cc(O)ccc1-c1ccc(C(F)(F)F)cc1. The smallest absolute Gasteiger partial charge is 0.416 e. The summed E-state index contributed by atoms with van der Waals surface area (Å²) >= 11 is 0. The van der Waals surface area contributed by atoms with E-state index in [2.05, 4.69) is 0 Å². The molecule has 94 valence electrons. The average Bonchev–Trinajstić information content (AvgIpc) is 2.28. The fourth-order valence-electron chi connectivity index (χ4n) is 1.65. The Hall–Kier alpha value is -2.17. The van der Waals surface area contributed by atoms with Crippen molar-refractivity contribution in [1.29, 1.82) is 0 Å². The molecular formula is C13H10F3NO. The van der Waals surface area contributed by atoms with Crippen LogP contribution < -0.4 is 5.73 Å². The van der Waals surface area contributed by atoms with Crippen LogP contribution in [0.15, 0.2) is 42.5 Å². The van der Waals surface area contributed by atoms with E-state index in [1.807, 2.05) is 0 Å². The number of alkyl halides is 3. The number of phenolic OH excluding ortho intramolecular Hbond substituents is 1. The van der Waals surface area contributed by atoms with E-state index < -0.39 is 11.7 Å². The van der Waals surface area contributed by atoms with Crippen LogP contribution in [0.25, 0.3) is 11.1 Å². The maximum absolute atomic E-state index is 12.4. The molecule has 2 aromatic carbocycles. The summed E-state index contributed by atoms with van der Waals surface area (Å²) in [7, 11) is 0. The minimum absolute atomic E-state index is 0.0168. The molecule has 18 heavy (non-hydrogen) atoms. The topological polar surface area (TPSA) is 46.2 Å². The molecular weight excluding hydrogens is 243 g/mol. The van der Waals surface area contributed by atoms with Crippen LogP contribution in [0.2, 0.25) is 0 Å². The van der Waals surface area contributed by atoms with Gasteiger partial charge in [-0.25, -0.2) is 0 Å². The second-order valence-electron chi connectivity index (χ2n) is 3.85. The van der Waals surface area contributed by atoms with E-state index in [0.29, 0.717) is 16.8 Å². The van der Waals surface area contributed by atoms with Gasteiger partial charge in [0.05, 0.1) is 5.56 Å². The van der Waals surface area contributed by atoms with E-state index in [9.17, 15) is 18.3 Å². The maximum atomic E-state index is 12.4. The quantitative estimate of drug-likeness (QED) is 0.762. The number of anilines is 1. The first kappa shape index (κ1) is 12.3. The molecule has 2 aromatic rings. The summed E-state index contributed by atoms with van der Waals surface area (Å²) in [5, 5.41) is 9.21. The van der Waals surface area contributed by atoms with Gasteiger partial charge in [-0.3, -0.25) is 0 Å². The molecule has 0 aliphatic heterocycles. The number of phenols is 1. The van der Waals surface area contributed by atoms with Gasteiger partial charge in [-0.15, -0.1) is 0 Å². The lowest BCUT2D eigenvalue weighted by Gasteiger charge is -2.09. The zero-order valence-corrected chi connectivity index (χ0v) is 9.20. The monoisotopic (exact) mass is 253 g/mol. The molecule has 0 aromatic heterocycles. The van der Waals surface area contributed by atoms with Gasteiger partial charge < -0.3 is 10.8 Å². The van der Waals surface area contributed by atoms with Crippen molar-refractivity contribution < 1.29 is 18.3 Å². The summed E-state index contributed by atoms with van der Waals surface area (Å²) in [6.07, 6.45) is -4.35. The number of rotatable bonds is 1. The second-order valence-corrected chi connectivity index (χ2v) is 3.85. The van der Waals surface area contributed by atoms with Crippen LogP contribution in [0.5, 0.6) is 5.75 Å². The minimum atomic E-state index is -4.35. The van der Waals surface area contributed by atoms with Gasteiger partial charge in [0.15, 0.2) is 0 Å². The lowest BCUT2D eigenvalue weighted by Crippen LogP contribution is -2.04. The highest BCUT2D eigenvalue weighted by molar-refractivity contribution is 5.77. The van der Waals surface area contributed by atoms with Crippen molar-refractivity contribution in [1.82, 2.24) is 0 Å². The molecule has 0 heterocycles. The normalized spacial score (nSPS) is 11.5. The van der Waals surface area contributed by atoms with Crippen molar-refractivity contribution >= 4 is 5.69 Å². The predicted molar refractivity (Wildman–Crippen MR) is 63.0 cm³/mol. The highest BCUT2D eigenvalue weighted by atomic mass is 19.4. The summed E-state index contributed by atoms with van der Waals surface area (Å²) in [5.74, 6) is 0.0168. The van der Waals surface area contributed by atoms with E-state index in [1.165, 1.54) is 24.3 Å². The van der Waals surface area contributed by atoms with E-state index >= 15 is 0 Å². The van der Waals surface area contributed by atoms with Crippen molar-refractivity contribution in [3.05, 3.63) is 48.0 Å². The molecule has 0 unspecified atom stereocenters. The van der Waals surface area contributed by atoms with Gasteiger partial charge in [0, 0.05) is 17.3 Å². The lowest BCUT2D eigenvalue weighted by atomic mass is 10.0. The van der Waals surface area contributed by atoms with Gasteiger partial charge in [0.1, 0.15) is 5.75 Å². The number of halogens is 3. The predicted octanol–water partition coefficient (Wildman–Crippen LogP) is 3.66. The summed E-state index contributed by atoms with van der Waals surface area (Å²) in [4.78, 5) is 0. The highest BCUT2D eigenvalue weighted by Gasteiger charge is 2.29. The molecule has 0 saturated heterocycles. The standard InChI is InChI=1S/C13H10F3NO/c14-13(15,16)9-3-1-8(2-4-9)11-6-5-10(18)7-12(11)17/h1-7,18H,17H2. The molecule has 2 rings (SSSR count). The number of hydrogen-bond acceptors (Lipinski definition) is 2. The van der Waals surface area contributed by atoms with Gasteiger partial charge in [-0.05, 0) is 29.8 Å². The molecule has 2 nitrogen and oxygen atoms in total. The summed E-state index contributed by atoms with van der Waals surface area (Å²) in [6, 6.07) is 9.06. The fraction of sp³-hybridized carbons (Fsp3) is 0.0769. The fourth-order valence-corrected chi connectivity index (χ4v) is 1.65. The second kappa shape index (κ2) is 4.25. The molecule has 3 N–H and O–H groups in total. The zero-order chi connectivity index (χ0) is 13.3. The Morgan fingerprint density at radius 2 is 1.56 bits per heavy atom. The number of benzene rings is 2. The molecule has 0 bridgehead atoms. The zero-order valence-electron chi connectivity index (χ0n) is 9.20.